The maximum absolute atomic E-state index is 11.4. The van der Waals surface area contributed by atoms with Gasteiger partial charge in [-0.15, -0.1) is 0 Å². The first-order chi connectivity index (χ1) is 9.22. The first kappa shape index (κ1) is 15.4. The normalized spacial score (nSPS) is 10.2. The van der Waals surface area contributed by atoms with Crippen LogP contribution in [0.2, 0.25) is 0 Å². The molecule has 0 spiro atoms. The summed E-state index contributed by atoms with van der Waals surface area (Å²) in [6, 6.07) is 10.0. The van der Waals surface area contributed by atoms with Gasteiger partial charge in [-0.25, -0.2) is 0 Å². The maximum atomic E-state index is 11.4. The van der Waals surface area contributed by atoms with E-state index in [-0.39, 0.29) is 12.3 Å². The standard InChI is InChI=1S/C15H22N2O2/c1-2-14(16)11-15(18)17-9-6-10-19-12-13-7-4-3-5-8-13/h3-5,7-8,16H,2,6,9-12H2,1H3,(H,17,18). The van der Waals surface area contributed by atoms with E-state index in [0.717, 1.165) is 12.0 Å². The third-order valence-corrected chi connectivity index (χ3v) is 2.70. The summed E-state index contributed by atoms with van der Waals surface area (Å²) in [7, 11) is 0. The molecule has 0 aliphatic heterocycles. The number of nitrogens with one attached hydrogen (secondary N) is 2. The monoisotopic (exact) mass is 262 g/mol. The number of carbonyl (C=O) groups is 1. The van der Waals surface area contributed by atoms with Gasteiger partial charge >= 0.3 is 0 Å². The van der Waals surface area contributed by atoms with E-state index >= 15 is 0 Å². The zero-order valence-corrected chi connectivity index (χ0v) is 11.4. The third-order valence-electron chi connectivity index (χ3n) is 2.70. The molecule has 0 heterocycles. The van der Waals surface area contributed by atoms with Crippen LogP contribution in [0, 0.1) is 5.41 Å². The Balaban J connectivity index is 1.99. The van der Waals surface area contributed by atoms with Crippen LogP contribution in [0.25, 0.3) is 0 Å². The summed E-state index contributed by atoms with van der Waals surface area (Å²) in [5.74, 6) is -0.0742. The molecular formula is C15H22N2O2. The van der Waals surface area contributed by atoms with Gasteiger partial charge in [0.2, 0.25) is 5.91 Å². The predicted octanol–water partition coefficient (Wildman–Crippen LogP) is 2.53. The zero-order valence-electron chi connectivity index (χ0n) is 11.4. The Labute approximate surface area is 114 Å². The molecule has 1 aromatic carbocycles. The van der Waals surface area contributed by atoms with Gasteiger partial charge in [-0.2, -0.15) is 0 Å². The van der Waals surface area contributed by atoms with Gasteiger partial charge in [0, 0.05) is 18.9 Å². The Hall–Kier alpha value is -1.68. The molecule has 19 heavy (non-hydrogen) atoms. The zero-order chi connectivity index (χ0) is 13.9. The summed E-state index contributed by atoms with van der Waals surface area (Å²) in [5, 5.41) is 10.2. The molecule has 0 bridgehead atoms. The number of ether oxygens (including phenoxy) is 1. The Kier molecular flexibility index (Phi) is 7.51. The molecule has 4 heteroatoms. The predicted molar refractivity (Wildman–Crippen MR) is 76.4 cm³/mol. The van der Waals surface area contributed by atoms with Crippen LogP contribution >= 0.6 is 0 Å². The van der Waals surface area contributed by atoms with Crippen LogP contribution in [-0.4, -0.2) is 24.8 Å². The lowest BCUT2D eigenvalue weighted by molar-refractivity contribution is -0.119. The van der Waals surface area contributed by atoms with Crippen LogP contribution < -0.4 is 5.32 Å². The molecule has 0 saturated heterocycles. The smallest absolute Gasteiger partial charge is 0.225 e. The van der Waals surface area contributed by atoms with Crippen molar-refractivity contribution < 1.29 is 9.53 Å². The number of hydrogen-bond acceptors (Lipinski definition) is 3. The average molecular weight is 262 g/mol. The van der Waals surface area contributed by atoms with Crippen molar-refractivity contribution in [3.05, 3.63) is 35.9 Å². The first-order valence-electron chi connectivity index (χ1n) is 6.67. The molecule has 0 fully saturated rings. The highest BCUT2D eigenvalue weighted by Gasteiger charge is 2.03. The second-order valence-corrected chi connectivity index (χ2v) is 4.38. The SMILES string of the molecule is CCC(=N)CC(=O)NCCCOCc1ccccc1. The van der Waals surface area contributed by atoms with Crippen molar-refractivity contribution in [1.82, 2.24) is 5.32 Å². The van der Waals surface area contributed by atoms with E-state index in [0.29, 0.717) is 31.9 Å². The van der Waals surface area contributed by atoms with Crippen molar-refractivity contribution in [2.45, 2.75) is 32.8 Å². The summed E-state index contributed by atoms with van der Waals surface area (Å²) in [4.78, 5) is 11.4. The van der Waals surface area contributed by atoms with Crippen molar-refractivity contribution in [3.63, 3.8) is 0 Å². The van der Waals surface area contributed by atoms with Crippen LogP contribution in [0.5, 0.6) is 0 Å². The van der Waals surface area contributed by atoms with Gasteiger partial charge in [-0.3, -0.25) is 4.79 Å². The van der Waals surface area contributed by atoms with Crippen LogP contribution in [-0.2, 0) is 16.1 Å². The first-order valence-corrected chi connectivity index (χ1v) is 6.67. The van der Waals surface area contributed by atoms with E-state index in [9.17, 15) is 4.79 Å². The van der Waals surface area contributed by atoms with Gasteiger partial charge in [-0.1, -0.05) is 37.3 Å². The molecule has 0 saturated carbocycles. The van der Waals surface area contributed by atoms with Gasteiger partial charge in [0.1, 0.15) is 0 Å². The number of rotatable bonds is 9. The van der Waals surface area contributed by atoms with Crippen molar-refractivity contribution >= 4 is 11.6 Å². The fourth-order valence-corrected chi connectivity index (χ4v) is 1.55. The van der Waals surface area contributed by atoms with Crippen molar-refractivity contribution in [3.8, 4) is 0 Å². The van der Waals surface area contributed by atoms with Crippen LogP contribution in [0.3, 0.4) is 0 Å². The molecule has 1 rings (SSSR count). The largest absolute Gasteiger partial charge is 0.377 e. The average Bonchev–Trinajstić information content (AvgIpc) is 2.43. The second kappa shape index (κ2) is 9.28. The summed E-state index contributed by atoms with van der Waals surface area (Å²) in [5.41, 5.74) is 1.63. The van der Waals surface area contributed by atoms with Gasteiger partial charge in [0.25, 0.3) is 0 Å². The van der Waals surface area contributed by atoms with Crippen molar-refractivity contribution in [2.24, 2.45) is 0 Å². The molecule has 1 aromatic rings. The van der Waals surface area contributed by atoms with Gasteiger partial charge in [0.05, 0.1) is 13.0 Å². The summed E-state index contributed by atoms with van der Waals surface area (Å²) >= 11 is 0. The minimum atomic E-state index is -0.0742. The molecule has 0 radical (unpaired) electrons. The molecule has 0 unspecified atom stereocenters. The lowest BCUT2D eigenvalue weighted by atomic mass is 10.2. The number of hydrogen-bond donors (Lipinski definition) is 2. The van der Waals surface area contributed by atoms with E-state index in [1.165, 1.54) is 0 Å². The summed E-state index contributed by atoms with van der Waals surface area (Å²) in [6.45, 7) is 3.72. The van der Waals surface area contributed by atoms with E-state index < -0.39 is 0 Å². The molecule has 104 valence electrons. The van der Waals surface area contributed by atoms with Gasteiger partial charge < -0.3 is 15.5 Å². The second-order valence-electron chi connectivity index (χ2n) is 4.38. The Morgan fingerprint density at radius 2 is 2.05 bits per heavy atom. The molecule has 0 aromatic heterocycles. The molecule has 0 atom stereocenters. The molecule has 0 aliphatic carbocycles. The van der Waals surface area contributed by atoms with E-state index in [1.54, 1.807) is 0 Å². The quantitative estimate of drug-likeness (QED) is 0.530. The minimum Gasteiger partial charge on any atom is -0.377 e. The highest BCUT2D eigenvalue weighted by atomic mass is 16.5. The highest BCUT2D eigenvalue weighted by Crippen LogP contribution is 2.00. The Morgan fingerprint density at radius 3 is 2.74 bits per heavy atom. The van der Waals surface area contributed by atoms with Crippen molar-refractivity contribution in [2.75, 3.05) is 13.2 Å². The summed E-state index contributed by atoms with van der Waals surface area (Å²) < 4.78 is 5.51. The topological polar surface area (TPSA) is 62.2 Å². The molecule has 0 aliphatic rings. The minimum absolute atomic E-state index is 0.0742. The number of benzene rings is 1. The lowest BCUT2D eigenvalue weighted by Gasteiger charge is -2.06. The number of carbonyl (C=O) groups excluding carboxylic acids is 1. The van der Waals surface area contributed by atoms with Gasteiger partial charge in [0.15, 0.2) is 0 Å². The third kappa shape index (κ3) is 7.36. The van der Waals surface area contributed by atoms with Crippen molar-refractivity contribution in [1.29, 1.82) is 5.41 Å². The number of amides is 1. The van der Waals surface area contributed by atoms with Crippen LogP contribution in [0.1, 0.15) is 31.7 Å². The lowest BCUT2D eigenvalue weighted by Crippen LogP contribution is -2.27. The Bertz CT molecular complexity index is 390. The molecule has 2 N–H and O–H groups in total. The summed E-state index contributed by atoms with van der Waals surface area (Å²) in [6.07, 6.45) is 1.63. The van der Waals surface area contributed by atoms with Crippen LogP contribution in [0.4, 0.5) is 0 Å². The van der Waals surface area contributed by atoms with E-state index in [4.69, 9.17) is 10.1 Å². The van der Waals surface area contributed by atoms with Gasteiger partial charge in [-0.05, 0) is 18.4 Å². The fourth-order valence-electron chi connectivity index (χ4n) is 1.55. The van der Waals surface area contributed by atoms with Crippen LogP contribution in [0.15, 0.2) is 30.3 Å². The van der Waals surface area contributed by atoms with E-state index in [2.05, 4.69) is 5.32 Å². The highest BCUT2D eigenvalue weighted by molar-refractivity contribution is 5.99. The van der Waals surface area contributed by atoms with E-state index in [1.807, 2.05) is 37.3 Å². The Morgan fingerprint density at radius 1 is 1.32 bits per heavy atom. The molecule has 4 nitrogen and oxygen atoms in total. The fraction of sp³-hybridized carbons (Fsp3) is 0.467. The molecule has 1 amide bonds. The maximum Gasteiger partial charge on any atom is 0.225 e. The molecular weight excluding hydrogens is 240 g/mol.